The Bertz CT molecular complexity index is 547. The van der Waals surface area contributed by atoms with E-state index < -0.39 is 17.8 Å². The Balaban J connectivity index is 2.04. The number of halogens is 2. The number of hydrogen-bond donors (Lipinski definition) is 2. The van der Waals surface area contributed by atoms with Crippen molar-refractivity contribution in [2.75, 3.05) is 0 Å². The minimum absolute atomic E-state index is 0.243. The molecule has 0 aliphatic heterocycles. The summed E-state index contributed by atoms with van der Waals surface area (Å²) in [6.07, 6.45) is 1.17. The minimum atomic E-state index is -0.912. The van der Waals surface area contributed by atoms with E-state index in [9.17, 15) is 9.59 Å². The van der Waals surface area contributed by atoms with Crippen LogP contribution in [0.5, 0.6) is 0 Å². The van der Waals surface area contributed by atoms with Crippen LogP contribution in [0, 0.1) is 11.8 Å². The summed E-state index contributed by atoms with van der Waals surface area (Å²) in [5, 5.41) is 12.6. The van der Waals surface area contributed by atoms with E-state index in [1.807, 2.05) is 0 Å². The summed E-state index contributed by atoms with van der Waals surface area (Å²) in [6.45, 7) is 1.80. The summed E-state index contributed by atoms with van der Waals surface area (Å²) >= 11 is 12.0. The zero-order valence-corrected chi connectivity index (χ0v) is 12.4. The number of amides is 1. The second kappa shape index (κ2) is 6.02. The van der Waals surface area contributed by atoms with Gasteiger partial charge in [-0.25, -0.2) is 0 Å². The molecule has 20 heavy (non-hydrogen) atoms. The molecule has 0 heterocycles. The molecule has 1 aromatic rings. The van der Waals surface area contributed by atoms with Crippen molar-refractivity contribution in [3.8, 4) is 0 Å². The zero-order valence-electron chi connectivity index (χ0n) is 10.9. The Morgan fingerprint density at radius 2 is 1.95 bits per heavy atom. The molecule has 4 nitrogen and oxygen atoms in total. The van der Waals surface area contributed by atoms with Gasteiger partial charge in [0.1, 0.15) is 0 Å². The molecule has 1 aliphatic rings. The number of benzene rings is 1. The van der Waals surface area contributed by atoms with Crippen molar-refractivity contribution in [3.63, 3.8) is 0 Å². The van der Waals surface area contributed by atoms with Gasteiger partial charge in [0.2, 0.25) is 5.91 Å². The van der Waals surface area contributed by atoms with Crippen molar-refractivity contribution in [1.29, 1.82) is 0 Å². The topological polar surface area (TPSA) is 66.4 Å². The minimum Gasteiger partial charge on any atom is -0.481 e. The fourth-order valence-electron chi connectivity index (χ4n) is 2.36. The van der Waals surface area contributed by atoms with Crippen molar-refractivity contribution in [2.45, 2.75) is 25.8 Å². The van der Waals surface area contributed by atoms with Gasteiger partial charge in [0.05, 0.1) is 27.9 Å². The van der Waals surface area contributed by atoms with Crippen LogP contribution in [0.15, 0.2) is 18.2 Å². The van der Waals surface area contributed by atoms with Crippen LogP contribution in [0.3, 0.4) is 0 Å². The third kappa shape index (κ3) is 2.91. The van der Waals surface area contributed by atoms with Crippen LogP contribution in [0.4, 0.5) is 0 Å². The lowest BCUT2D eigenvalue weighted by Crippen LogP contribution is -2.44. The van der Waals surface area contributed by atoms with Gasteiger partial charge in [0.25, 0.3) is 0 Å². The van der Waals surface area contributed by atoms with E-state index in [0.29, 0.717) is 22.9 Å². The van der Waals surface area contributed by atoms with Crippen molar-refractivity contribution >= 4 is 35.1 Å². The third-order valence-corrected chi connectivity index (χ3v) is 4.57. The van der Waals surface area contributed by atoms with Crippen LogP contribution < -0.4 is 5.32 Å². The van der Waals surface area contributed by atoms with Gasteiger partial charge in [-0.15, -0.1) is 0 Å². The maximum Gasteiger partial charge on any atom is 0.307 e. The first-order valence-electron chi connectivity index (χ1n) is 6.39. The molecule has 2 rings (SSSR count). The second-order valence-electron chi connectivity index (χ2n) is 5.00. The van der Waals surface area contributed by atoms with E-state index in [4.69, 9.17) is 28.3 Å². The lowest BCUT2D eigenvalue weighted by atomic mass is 9.73. The van der Waals surface area contributed by atoms with E-state index in [-0.39, 0.29) is 11.9 Å². The molecule has 0 radical (unpaired) electrons. The molecule has 1 amide bonds. The van der Waals surface area contributed by atoms with Crippen molar-refractivity contribution in [2.24, 2.45) is 11.8 Å². The third-order valence-electron chi connectivity index (χ3n) is 3.74. The van der Waals surface area contributed by atoms with Gasteiger partial charge in [-0.05, 0) is 31.4 Å². The molecule has 1 fully saturated rings. The molecule has 108 valence electrons. The molecule has 6 heteroatoms. The summed E-state index contributed by atoms with van der Waals surface area (Å²) in [4.78, 5) is 23.0. The smallest absolute Gasteiger partial charge is 0.307 e. The lowest BCUT2D eigenvalue weighted by molar-refractivity contribution is -0.152. The first kappa shape index (κ1) is 15.1. The number of nitrogens with one attached hydrogen (secondary N) is 1. The molecule has 1 aliphatic carbocycles. The molecule has 3 unspecified atom stereocenters. The Labute approximate surface area is 127 Å². The van der Waals surface area contributed by atoms with E-state index in [2.05, 4.69) is 5.32 Å². The summed E-state index contributed by atoms with van der Waals surface area (Å²) in [5.41, 5.74) is 0.721. The summed E-state index contributed by atoms with van der Waals surface area (Å²) in [6, 6.07) is 4.90. The average Bonchev–Trinajstić information content (AvgIpc) is 2.30. The van der Waals surface area contributed by atoms with Crippen molar-refractivity contribution < 1.29 is 14.7 Å². The van der Waals surface area contributed by atoms with Crippen molar-refractivity contribution in [1.82, 2.24) is 5.32 Å². The molecular weight excluding hydrogens is 301 g/mol. The number of carbonyl (C=O) groups is 2. The molecule has 1 saturated carbocycles. The summed E-state index contributed by atoms with van der Waals surface area (Å²) in [5.74, 6) is -2.18. The lowest BCUT2D eigenvalue weighted by Gasteiger charge is -2.33. The SMILES string of the molecule is CC(NC(=O)C1CCC1C(=O)O)c1cccc(Cl)c1Cl. The average molecular weight is 316 g/mol. The van der Waals surface area contributed by atoms with Gasteiger partial charge in [-0.1, -0.05) is 35.3 Å². The fourth-order valence-corrected chi connectivity index (χ4v) is 2.83. The van der Waals surface area contributed by atoms with E-state index in [1.165, 1.54) is 0 Å². The standard InChI is InChI=1S/C14H15Cl2NO3/c1-7(8-3-2-4-11(15)12(8)16)17-13(18)9-5-6-10(9)14(19)20/h2-4,7,9-10H,5-6H2,1H3,(H,17,18)(H,19,20). The largest absolute Gasteiger partial charge is 0.481 e. The van der Waals surface area contributed by atoms with Crippen LogP contribution in [-0.2, 0) is 9.59 Å². The fraction of sp³-hybridized carbons (Fsp3) is 0.429. The number of rotatable bonds is 4. The second-order valence-corrected chi connectivity index (χ2v) is 5.79. The van der Waals surface area contributed by atoms with Crippen LogP contribution in [0.25, 0.3) is 0 Å². The van der Waals surface area contributed by atoms with E-state index in [0.717, 1.165) is 5.56 Å². The number of carboxylic acids is 1. The Morgan fingerprint density at radius 3 is 2.50 bits per heavy atom. The summed E-state index contributed by atoms with van der Waals surface area (Å²) < 4.78 is 0. The zero-order chi connectivity index (χ0) is 14.9. The highest BCUT2D eigenvalue weighted by Gasteiger charge is 2.41. The van der Waals surface area contributed by atoms with Crippen LogP contribution >= 0.6 is 23.2 Å². The number of aliphatic carboxylic acids is 1. The maximum absolute atomic E-state index is 12.1. The van der Waals surface area contributed by atoms with Crippen LogP contribution in [0.1, 0.15) is 31.4 Å². The maximum atomic E-state index is 12.1. The first-order chi connectivity index (χ1) is 9.41. The number of carbonyl (C=O) groups excluding carboxylic acids is 1. The quantitative estimate of drug-likeness (QED) is 0.896. The molecule has 0 bridgehead atoms. The van der Waals surface area contributed by atoms with Gasteiger partial charge in [-0.2, -0.15) is 0 Å². The Hall–Kier alpha value is -1.26. The van der Waals surface area contributed by atoms with Crippen LogP contribution in [0.2, 0.25) is 10.0 Å². The van der Waals surface area contributed by atoms with Gasteiger partial charge in [0, 0.05) is 0 Å². The highest BCUT2D eigenvalue weighted by Crippen LogP contribution is 2.36. The Kier molecular flexibility index (Phi) is 4.55. The summed E-state index contributed by atoms with van der Waals surface area (Å²) in [7, 11) is 0. The molecule has 0 saturated heterocycles. The molecule has 3 atom stereocenters. The van der Waals surface area contributed by atoms with Gasteiger partial charge in [-0.3, -0.25) is 9.59 Å². The van der Waals surface area contributed by atoms with Crippen molar-refractivity contribution in [3.05, 3.63) is 33.8 Å². The number of carboxylic acid groups (broad SMARTS) is 1. The normalized spacial score (nSPS) is 22.8. The highest BCUT2D eigenvalue weighted by molar-refractivity contribution is 6.42. The van der Waals surface area contributed by atoms with Gasteiger partial charge < -0.3 is 10.4 Å². The highest BCUT2D eigenvalue weighted by atomic mass is 35.5. The molecular formula is C14H15Cl2NO3. The first-order valence-corrected chi connectivity index (χ1v) is 7.14. The van der Waals surface area contributed by atoms with Gasteiger partial charge >= 0.3 is 5.97 Å². The molecule has 0 spiro atoms. The monoisotopic (exact) mass is 315 g/mol. The molecule has 0 aromatic heterocycles. The predicted molar refractivity (Wildman–Crippen MR) is 76.9 cm³/mol. The van der Waals surface area contributed by atoms with E-state index in [1.54, 1.807) is 25.1 Å². The number of hydrogen-bond acceptors (Lipinski definition) is 2. The predicted octanol–water partition coefficient (Wildman–Crippen LogP) is 3.28. The van der Waals surface area contributed by atoms with Gasteiger partial charge in [0.15, 0.2) is 0 Å². The molecule has 2 N–H and O–H groups in total. The molecule has 1 aromatic carbocycles. The van der Waals surface area contributed by atoms with Crippen LogP contribution in [-0.4, -0.2) is 17.0 Å². The Morgan fingerprint density at radius 1 is 1.30 bits per heavy atom. The van der Waals surface area contributed by atoms with E-state index >= 15 is 0 Å².